The number of ether oxygens (including phenoxy) is 3. The summed E-state index contributed by atoms with van der Waals surface area (Å²) in [5, 5.41) is 0.364. The zero-order valence-electron chi connectivity index (χ0n) is 16.3. The van der Waals surface area contributed by atoms with E-state index in [4.69, 9.17) is 25.8 Å². The number of benzene rings is 2. The van der Waals surface area contributed by atoms with E-state index in [1.54, 1.807) is 31.2 Å². The molecule has 2 rings (SSSR count). The Morgan fingerprint density at radius 3 is 2.52 bits per heavy atom. The molecule has 0 bridgehead atoms. The molecule has 1 amide bonds. The van der Waals surface area contributed by atoms with Crippen LogP contribution >= 0.6 is 11.6 Å². The smallest absolute Gasteiger partial charge is 0.254 e. The molecule has 0 atom stereocenters. The van der Waals surface area contributed by atoms with Crippen molar-refractivity contribution >= 4 is 17.5 Å². The molecule has 0 spiro atoms. The second-order valence-corrected chi connectivity index (χ2v) is 6.45. The molecule has 0 aliphatic rings. The minimum absolute atomic E-state index is 0.161. The second-order valence-electron chi connectivity index (χ2n) is 6.04. The fourth-order valence-corrected chi connectivity index (χ4v) is 2.95. The van der Waals surface area contributed by atoms with Gasteiger partial charge in [0.25, 0.3) is 5.91 Å². The van der Waals surface area contributed by atoms with E-state index in [0.717, 1.165) is 17.7 Å². The molecular weight excluding hydrogens is 366 g/mol. The van der Waals surface area contributed by atoms with Crippen molar-refractivity contribution in [3.05, 3.63) is 52.5 Å². The molecule has 0 fully saturated rings. The predicted octanol–water partition coefficient (Wildman–Crippen LogP) is 4.81. The van der Waals surface area contributed by atoms with Gasteiger partial charge < -0.3 is 19.1 Å². The van der Waals surface area contributed by atoms with E-state index in [1.807, 2.05) is 38.1 Å². The number of para-hydroxylation sites is 1. The van der Waals surface area contributed by atoms with E-state index < -0.39 is 0 Å². The fourth-order valence-electron chi connectivity index (χ4n) is 2.68. The quantitative estimate of drug-likeness (QED) is 0.615. The number of carbonyl (C=O) groups excluding carboxylic acids is 1. The maximum Gasteiger partial charge on any atom is 0.254 e. The molecule has 146 valence electrons. The van der Waals surface area contributed by atoms with Gasteiger partial charge in [-0.25, -0.2) is 0 Å². The monoisotopic (exact) mass is 391 g/mol. The Labute approximate surface area is 165 Å². The summed E-state index contributed by atoms with van der Waals surface area (Å²) in [5.41, 5.74) is 1.37. The van der Waals surface area contributed by atoms with Crippen molar-refractivity contribution in [1.29, 1.82) is 0 Å². The van der Waals surface area contributed by atoms with Crippen LogP contribution < -0.4 is 14.2 Å². The average molecular weight is 392 g/mol. The summed E-state index contributed by atoms with van der Waals surface area (Å²) in [6.07, 6.45) is 0.851. The summed E-state index contributed by atoms with van der Waals surface area (Å²) in [5.74, 6) is 1.54. The summed E-state index contributed by atoms with van der Waals surface area (Å²) < 4.78 is 16.7. The first-order chi connectivity index (χ1) is 13.0. The summed E-state index contributed by atoms with van der Waals surface area (Å²) in [6.45, 7) is 5.28. The highest BCUT2D eigenvalue weighted by Crippen LogP contribution is 2.37. The van der Waals surface area contributed by atoms with E-state index >= 15 is 0 Å². The number of halogens is 1. The van der Waals surface area contributed by atoms with Crippen LogP contribution in [0.5, 0.6) is 17.2 Å². The minimum atomic E-state index is -0.161. The van der Waals surface area contributed by atoms with Gasteiger partial charge in [0.1, 0.15) is 5.75 Å². The minimum Gasteiger partial charge on any atom is -0.496 e. The third-order valence-corrected chi connectivity index (χ3v) is 4.23. The lowest BCUT2D eigenvalue weighted by molar-refractivity contribution is 0.0783. The van der Waals surface area contributed by atoms with Gasteiger partial charge in [-0.3, -0.25) is 4.79 Å². The maximum atomic E-state index is 12.9. The molecule has 0 heterocycles. The molecule has 6 heteroatoms. The van der Waals surface area contributed by atoms with Gasteiger partial charge in [0.15, 0.2) is 11.5 Å². The fraction of sp³-hybridized carbons (Fsp3) is 0.381. The Hall–Kier alpha value is -2.40. The first-order valence-corrected chi connectivity index (χ1v) is 9.36. The molecule has 0 unspecified atom stereocenters. The van der Waals surface area contributed by atoms with Crippen LogP contribution in [-0.4, -0.2) is 38.2 Å². The predicted molar refractivity (Wildman–Crippen MR) is 107 cm³/mol. The van der Waals surface area contributed by atoms with E-state index in [2.05, 4.69) is 0 Å². The lowest BCUT2D eigenvalue weighted by Crippen LogP contribution is -2.26. The Kier molecular flexibility index (Phi) is 7.80. The average Bonchev–Trinajstić information content (AvgIpc) is 2.67. The van der Waals surface area contributed by atoms with Crippen LogP contribution in [-0.2, 0) is 6.54 Å². The van der Waals surface area contributed by atoms with Gasteiger partial charge in [0, 0.05) is 24.7 Å². The summed E-state index contributed by atoms with van der Waals surface area (Å²) >= 11 is 6.37. The number of amides is 1. The normalized spacial score (nSPS) is 10.4. The van der Waals surface area contributed by atoms with E-state index in [1.165, 1.54) is 0 Å². The Bertz CT molecular complexity index is 779. The van der Waals surface area contributed by atoms with Gasteiger partial charge in [0.2, 0.25) is 0 Å². The van der Waals surface area contributed by atoms with Crippen LogP contribution in [0.3, 0.4) is 0 Å². The first kappa shape index (κ1) is 20.9. The standard InChI is InChI=1S/C21H26ClNO4/c1-5-11-27-20-17(22)12-16(13-19(20)26-6-2)21(24)23(3)14-15-9-7-8-10-18(15)25-4/h7-10,12-13H,5-6,11,14H2,1-4H3. The molecule has 0 N–H and O–H groups in total. The molecule has 27 heavy (non-hydrogen) atoms. The first-order valence-electron chi connectivity index (χ1n) is 8.98. The largest absolute Gasteiger partial charge is 0.496 e. The zero-order chi connectivity index (χ0) is 19.8. The SMILES string of the molecule is CCCOc1c(Cl)cc(C(=O)N(C)Cc2ccccc2OC)cc1OCC. The molecule has 0 saturated carbocycles. The van der Waals surface area contributed by atoms with Gasteiger partial charge in [-0.1, -0.05) is 36.7 Å². The van der Waals surface area contributed by atoms with Crippen LogP contribution in [0.15, 0.2) is 36.4 Å². The summed E-state index contributed by atoms with van der Waals surface area (Å²) in [6, 6.07) is 10.9. The van der Waals surface area contributed by atoms with Crippen LogP contribution in [0.25, 0.3) is 0 Å². The van der Waals surface area contributed by atoms with Gasteiger partial charge >= 0.3 is 0 Å². The van der Waals surface area contributed by atoms with Crippen LogP contribution in [0.4, 0.5) is 0 Å². The molecule has 0 aromatic heterocycles. The number of hydrogen-bond acceptors (Lipinski definition) is 4. The Morgan fingerprint density at radius 2 is 1.85 bits per heavy atom. The van der Waals surface area contributed by atoms with E-state index in [0.29, 0.717) is 41.8 Å². The number of nitrogens with zero attached hydrogens (tertiary/aromatic N) is 1. The number of methoxy groups -OCH3 is 1. The number of rotatable bonds is 9. The number of hydrogen-bond donors (Lipinski definition) is 0. The summed E-state index contributed by atoms with van der Waals surface area (Å²) in [7, 11) is 3.36. The van der Waals surface area contributed by atoms with Gasteiger partial charge in [-0.15, -0.1) is 0 Å². The highest BCUT2D eigenvalue weighted by atomic mass is 35.5. The molecule has 0 aliphatic carbocycles. The van der Waals surface area contributed by atoms with Crippen molar-refractivity contribution in [1.82, 2.24) is 4.90 Å². The van der Waals surface area contributed by atoms with Crippen molar-refractivity contribution in [2.45, 2.75) is 26.8 Å². The van der Waals surface area contributed by atoms with Crippen molar-refractivity contribution in [2.24, 2.45) is 0 Å². The van der Waals surface area contributed by atoms with E-state index in [9.17, 15) is 4.79 Å². The molecule has 0 saturated heterocycles. The molecule has 0 aliphatic heterocycles. The summed E-state index contributed by atoms with van der Waals surface area (Å²) in [4.78, 5) is 14.5. The molecule has 2 aromatic rings. The number of carbonyl (C=O) groups is 1. The topological polar surface area (TPSA) is 48.0 Å². The van der Waals surface area contributed by atoms with Crippen molar-refractivity contribution in [2.75, 3.05) is 27.4 Å². The second kappa shape index (κ2) is 10.1. The van der Waals surface area contributed by atoms with Crippen molar-refractivity contribution in [3.63, 3.8) is 0 Å². The third-order valence-electron chi connectivity index (χ3n) is 3.95. The third kappa shape index (κ3) is 5.30. The Balaban J connectivity index is 2.26. The van der Waals surface area contributed by atoms with Gasteiger partial charge in [-0.05, 0) is 31.5 Å². The van der Waals surface area contributed by atoms with E-state index in [-0.39, 0.29) is 5.91 Å². The molecule has 0 radical (unpaired) electrons. The van der Waals surface area contributed by atoms with Crippen molar-refractivity contribution < 1.29 is 19.0 Å². The van der Waals surface area contributed by atoms with Gasteiger partial charge in [0.05, 0.1) is 25.3 Å². The molecular formula is C21H26ClNO4. The molecule has 5 nitrogen and oxygen atoms in total. The van der Waals surface area contributed by atoms with Crippen LogP contribution in [0, 0.1) is 0 Å². The Morgan fingerprint density at radius 1 is 1.11 bits per heavy atom. The van der Waals surface area contributed by atoms with Gasteiger partial charge in [-0.2, -0.15) is 0 Å². The molecule has 2 aromatic carbocycles. The van der Waals surface area contributed by atoms with Crippen molar-refractivity contribution in [3.8, 4) is 17.2 Å². The van der Waals surface area contributed by atoms with Crippen LogP contribution in [0.1, 0.15) is 36.2 Å². The highest BCUT2D eigenvalue weighted by molar-refractivity contribution is 6.32. The lowest BCUT2D eigenvalue weighted by Gasteiger charge is -2.20. The lowest BCUT2D eigenvalue weighted by atomic mass is 10.1. The van der Waals surface area contributed by atoms with Crippen LogP contribution in [0.2, 0.25) is 5.02 Å². The maximum absolute atomic E-state index is 12.9. The highest BCUT2D eigenvalue weighted by Gasteiger charge is 2.19. The zero-order valence-corrected chi connectivity index (χ0v) is 17.0.